The molecule has 0 spiro atoms. The van der Waals surface area contributed by atoms with Crippen LogP contribution in [0.3, 0.4) is 0 Å². The van der Waals surface area contributed by atoms with Gasteiger partial charge in [-0.25, -0.2) is 0 Å². The number of fused-ring (bicyclic) bond motifs is 1. The van der Waals surface area contributed by atoms with Crippen molar-refractivity contribution in [3.05, 3.63) is 34.5 Å². The van der Waals surface area contributed by atoms with Gasteiger partial charge in [0.25, 0.3) is 0 Å². The molecule has 0 aliphatic heterocycles. The molecule has 0 amide bonds. The molecule has 0 atom stereocenters. The number of ether oxygens (including phenoxy) is 5. The molecular weight excluding hydrogens is 368 g/mol. The van der Waals surface area contributed by atoms with Crippen LogP contribution in [0.25, 0.3) is 22.3 Å². The first-order valence-corrected chi connectivity index (χ1v) is 8.21. The molecule has 2 aromatic carbocycles. The number of hydrogen-bond acceptors (Lipinski definition) is 8. The Morgan fingerprint density at radius 1 is 0.821 bits per heavy atom. The molecule has 1 aromatic heterocycles. The van der Waals surface area contributed by atoms with Gasteiger partial charge in [-0.1, -0.05) is 0 Å². The Morgan fingerprint density at radius 2 is 1.50 bits per heavy atom. The zero-order valence-corrected chi connectivity index (χ0v) is 16.1. The summed E-state index contributed by atoms with van der Waals surface area (Å²) in [6.45, 7) is 0. The lowest BCUT2D eigenvalue weighted by Crippen LogP contribution is -2.09. The first-order chi connectivity index (χ1) is 13.5. The SMILES string of the molecule is COc1ccc(-c2oc3c(OC)c(OC)cc(O)c3c(=O)c2OC)c(OC)c1. The van der Waals surface area contributed by atoms with Crippen LogP contribution in [-0.4, -0.2) is 40.7 Å². The number of methoxy groups -OCH3 is 5. The second kappa shape index (κ2) is 7.59. The van der Waals surface area contributed by atoms with Crippen molar-refractivity contribution in [2.75, 3.05) is 35.5 Å². The predicted molar refractivity (Wildman–Crippen MR) is 102 cm³/mol. The lowest BCUT2D eigenvalue weighted by molar-refractivity contribution is 0.348. The molecule has 3 aromatic rings. The number of phenols is 1. The summed E-state index contributed by atoms with van der Waals surface area (Å²) in [6.07, 6.45) is 0. The van der Waals surface area contributed by atoms with E-state index in [0.29, 0.717) is 17.1 Å². The second-order valence-electron chi connectivity index (χ2n) is 5.70. The van der Waals surface area contributed by atoms with Gasteiger partial charge in [-0.05, 0) is 12.1 Å². The van der Waals surface area contributed by atoms with Gasteiger partial charge in [-0.3, -0.25) is 4.79 Å². The Morgan fingerprint density at radius 3 is 2.07 bits per heavy atom. The average Bonchev–Trinajstić information content (AvgIpc) is 2.72. The van der Waals surface area contributed by atoms with Gasteiger partial charge in [0.05, 0.1) is 41.1 Å². The second-order valence-corrected chi connectivity index (χ2v) is 5.70. The van der Waals surface area contributed by atoms with Crippen molar-refractivity contribution >= 4 is 11.0 Å². The molecule has 0 radical (unpaired) electrons. The van der Waals surface area contributed by atoms with E-state index in [2.05, 4.69) is 0 Å². The van der Waals surface area contributed by atoms with Gasteiger partial charge in [0, 0.05) is 12.1 Å². The van der Waals surface area contributed by atoms with Crippen LogP contribution in [0, 0.1) is 0 Å². The number of hydrogen-bond donors (Lipinski definition) is 1. The zero-order valence-electron chi connectivity index (χ0n) is 16.1. The summed E-state index contributed by atoms with van der Waals surface area (Å²) in [5.74, 6) is 1.08. The third kappa shape index (κ3) is 2.92. The molecule has 1 heterocycles. The molecule has 0 unspecified atom stereocenters. The van der Waals surface area contributed by atoms with Crippen LogP contribution >= 0.6 is 0 Å². The summed E-state index contributed by atoms with van der Waals surface area (Å²) in [6, 6.07) is 6.31. The molecule has 0 aliphatic rings. The fourth-order valence-corrected chi connectivity index (χ4v) is 2.98. The van der Waals surface area contributed by atoms with Crippen LogP contribution in [0.5, 0.6) is 34.5 Å². The zero-order chi connectivity index (χ0) is 20.4. The third-order valence-electron chi connectivity index (χ3n) is 4.31. The van der Waals surface area contributed by atoms with Crippen molar-refractivity contribution in [1.29, 1.82) is 0 Å². The minimum atomic E-state index is -0.560. The Hall–Kier alpha value is -3.55. The highest BCUT2D eigenvalue weighted by atomic mass is 16.5. The van der Waals surface area contributed by atoms with Crippen LogP contribution < -0.4 is 29.1 Å². The lowest BCUT2D eigenvalue weighted by atomic mass is 10.1. The van der Waals surface area contributed by atoms with Gasteiger partial charge < -0.3 is 33.2 Å². The number of phenolic OH excluding ortho intramolecular Hbond substituents is 1. The molecule has 1 N–H and O–H groups in total. The van der Waals surface area contributed by atoms with Crippen molar-refractivity contribution < 1.29 is 33.2 Å². The molecule has 28 heavy (non-hydrogen) atoms. The normalized spacial score (nSPS) is 10.6. The van der Waals surface area contributed by atoms with Crippen molar-refractivity contribution in [3.8, 4) is 45.8 Å². The Bertz CT molecular complexity index is 1080. The largest absolute Gasteiger partial charge is 0.507 e. The highest BCUT2D eigenvalue weighted by Crippen LogP contribution is 2.44. The first kappa shape index (κ1) is 19.2. The van der Waals surface area contributed by atoms with Crippen molar-refractivity contribution in [2.24, 2.45) is 0 Å². The third-order valence-corrected chi connectivity index (χ3v) is 4.31. The molecule has 8 nitrogen and oxygen atoms in total. The molecule has 0 bridgehead atoms. The minimum Gasteiger partial charge on any atom is -0.507 e. The molecule has 0 saturated heterocycles. The molecule has 148 valence electrons. The molecule has 3 rings (SSSR count). The van der Waals surface area contributed by atoms with E-state index in [9.17, 15) is 9.90 Å². The standard InChI is InChI=1S/C20H20O8/c1-23-10-6-7-11(13(8-10)24-2)17-20(27-5)16(22)15-12(21)9-14(25-3)18(26-4)19(15)28-17/h6-9,21H,1-5H3. The summed E-state index contributed by atoms with van der Waals surface area (Å²) in [7, 11) is 7.18. The first-order valence-electron chi connectivity index (χ1n) is 8.21. The number of benzene rings is 2. The Balaban J connectivity index is 2.46. The summed E-state index contributed by atoms with van der Waals surface area (Å²) in [5.41, 5.74) is -0.0726. The lowest BCUT2D eigenvalue weighted by Gasteiger charge is -2.15. The van der Waals surface area contributed by atoms with Crippen LogP contribution in [-0.2, 0) is 0 Å². The fourth-order valence-electron chi connectivity index (χ4n) is 2.98. The Kier molecular flexibility index (Phi) is 5.21. The van der Waals surface area contributed by atoms with Gasteiger partial charge in [-0.15, -0.1) is 0 Å². The van der Waals surface area contributed by atoms with E-state index in [1.54, 1.807) is 18.2 Å². The Labute approximate surface area is 160 Å². The van der Waals surface area contributed by atoms with Crippen molar-refractivity contribution in [2.45, 2.75) is 0 Å². The maximum absolute atomic E-state index is 13.1. The summed E-state index contributed by atoms with van der Waals surface area (Å²) in [4.78, 5) is 13.1. The van der Waals surface area contributed by atoms with Gasteiger partial charge >= 0.3 is 0 Å². The molecular formula is C20H20O8. The van der Waals surface area contributed by atoms with E-state index in [1.165, 1.54) is 41.6 Å². The quantitative estimate of drug-likeness (QED) is 0.688. The van der Waals surface area contributed by atoms with Crippen molar-refractivity contribution in [1.82, 2.24) is 0 Å². The molecule has 0 saturated carbocycles. The highest BCUT2D eigenvalue weighted by Gasteiger charge is 2.26. The van der Waals surface area contributed by atoms with E-state index < -0.39 is 5.43 Å². The fraction of sp³-hybridized carbons (Fsp3) is 0.250. The smallest absolute Gasteiger partial charge is 0.239 e. The molecule has 8 heteroatoms. The van der Waals surface area contributed by atoms with Gasteiger partial charge in [-0.2, -0.15) is 0 Å². The maximum Gasteiger partial charge on any atom is 0.239 e. The van der Waals surface area contributed by atoms with Crippen molar-refractivity contribution in [3.63, 3.8) is 0 Å². The number of aromatic hydroxyl groups is 1. The average molecular weight is 388 g/mol. The van der Waals surface area contributed by atoms with E-state index in [-0.39, 0.29) is 39.7 Å². The number of rotatable bonds is 6. The predicted octanol–water partition coefficient (Wildman–Crippen LogP) is 3.21. The van der Waals surface area contributed by atoms with Crippen LogP contribution in [0.4, 0.5) is 0 Å². The van der Waals surface area contributed by atoms with Gasteiger partial charge in [0.1, 0.15) is 22.6 Å². The monoisotopic (exact) mass is 388 g/mol. The summed E-state index contributed by atoms with van der Waals surface area (Å²) < 4.78 is 32.5. The summed E-state index contributed by atoms with van der Waals surface area (Å²) in [5, 5.41) is 10.3. The van der Waals surface area contributed by atoms with E-state index >= 15 is 0 Å². The van der Waals surface area contributed by atoms with Gasteiger partial charge in [0.2, 0.25) is 16.9 Å². The van der Waals surface area contributed by atoms with Crippen LogP contribution in [0.2, 0.25) is 0 Å². The van der Waals surface area contributed by atoms with E-state index in [0.717, 1.165) is 0 Å². The minimum absolute atomic E-state index is 0.0259. The molecule has 0 aliphatic carbocycles. The molecule has 0 fully saturated rings. The van der Waals surface area contributed by atoms with Crippen LogP contribution in [0.1, 0.15) is 0 Å². The topological polar surface area (TPSA) is 96.6 Å². The summed E-state index contributed by atoms with van der Waals surface area (Å²) >= 11 is 0. The van der Waals surface area contributed by atoms with E-state index in [1.807, 2.05) is 0 Å². The van der Waals surface area contributed by atoms with E-state index in [4.69, 9.17) is 28.1 Å². The highest BCUT2D eigenvalue weighted by molar-refractivity contribution is 5.93. The maximum atomic E-state index is 13.1. The van der Waals surface area contributed by atoms with Gasteiger partial charge in [0.15, 0.2) is 17.1 Å². The van der Waals surface area contributed by atoms with Crippen LogP contribution in [0.15, 0.2) is 33.5 Å².